The zero-order chi connectivity index (χ0) is 15.3. The van der Waals surface area contributed by atoms with E-state index in [4.69, 9.17) is 0 Å². The van der Waals surface area contributed by atoms with E-state index < -0.39 is 30.5 Å². The van der Waals surface area contributed by atoms with Gasteiger partial charge in [-0.2, -0.15) is 13.2 Å². The van der Waals surface area contributed by atoms with E-state index in [1.807, 2.05) is 0 Å². The molecule has 0 aliphatic carbocycles. The van der Waals surface area contributed by atoms with Gasteiger partial charge in [-0.3, -0.25) is 0 Å². The van der Waals surface area contributed by atoms with Gasteiger partial charge in [0, 0.05) is 18.2 Å². The molecular formula is C13H16F5NO. The van der Waals surface area contributed by atoms with E-state index in [9.17, 15) is 22.0 Å². The van der Waals surface area contributed by atoms with Crippen LogP contribution in [0, 0.1) is 18.6 Å². The second-order valence-corrected chi connectivity index (χ2v) is 4.39. The summed E-state index contributed by atoms with van der Waals surface area (Å²) in [6, 6.07) is 1.69. The van der Waals surface area contributed by atoms with Gasteiger partial charge in [0.05, 0.1) is 0 Å². The summed E-state index contributed by atoms with van der Waals surface area (Å²) in [4.78, 5) is 0. The van der Waals surface area contributed by atoms with Crippen LogP contribution in [0.3, 0.4) is 0 Å². The van der Waals surface area contributed by atoms with Crippen molar-refractivity contribution in [3.8, 4) is 0 Å². The number of hydrogen-bond donors (Lipinski definition) is 1. The molecule has 1 aromatic rings. The van der Waals surface area contributed by atoms with Crippen LogP contribution in [-0.2, 0) is 4.74 Å². The van der Waals surface area contributed by atoms with Crippen LogP contribution < -0.4 is 5.32 Å². The van der Waals surface area contributed by atoms with Crippen LogP contribution in [0.15, 0.2) is 12.1 Å². The van der Waals surface area contributed by atoms with Gasteiger partial charge in [0.2, 0.25) is 0 Å². The molecule has 1 atom stereocenters. The van der Waals surface area contributed by atoms with Gasteiger partial charge in [-0.05, 0) is 32.0 Å². The van der Waals surface area contributed by atoms with Gasteiger partial charge in [0.1, 0.15) is 18.2 Å². The molecule has 0 radical (unpaired) electrons. The van der Waals surface area contributed by atoms with E-state index in [-0.39, 0.29) is 24.2 Å². The monoisotopic (exact) mass is 297 g/mol. The van der Waals surface area contributed by atoms with Gasteiger partial charge < -0.3 is 10.1 Å². The van der Waals surface area contributed by atoms with Crippen molar-refractivity contribution < 1.29 is 26.7 Å². The molecule has 0 aromatic heterocycles. The number of ether oxygens (including phenoxy) is 1. The summed E-state index contributed by atoms with van der Waals surface area (Å²) in [5, 5.41) is 2.68. The van der Waals surface area contributed by atoms with Crippen molar-refractivity contribution in [2.24, 2.45) is 0 Å². The predicted molar refractivity (Wildman–Crippen MR) is 64.4 cm³/mol. The maximum Gasteiger partial charge on any atom is 0.411 e. The SMILES string of the molecule is CNC(CCOCC(F)(F)F)c1c(F)ccc(C)c1F. The molecule has 0 saturated carbocycles. The number of alkyl halides is 3. The van der Waals surface area contributed by atoms with Crippen molar-refractivity contribution >= 4 is 0 Å². The minimum atomic E-state index is -4.41. The fourth-order valence-corrected chi connectivity index (χ4v) is 1.82. The molecule has 0 bridgehead atoms. The van der Waals surface area contributed by atoms with Crippen molar-refractivity contribution in [3.05, 3.63) is 34.9 Å². The highest BCUT2D eigenvalue weighted by molar-refractivity contribution is 5.29. The number of halogens is 5. The number of aryl methyl sites for hydroxylation is 1. The Hall–Kier alpha value is -1.21. The van der Waals surface area contributed by atoms with E-state index in [0.29, 0.717) is 0 Å². The van der Waals surface area contributed by atoms with E-state index in [2.05, 4.69) is 10.1 Å². The van der Waals surface area contributed by atoms with Crippen molar-refractivity contribution in [2.45, 2.75) is 25.6 Å². The summed E-state index contributed by atoms with van der Waals surface area (Å²) in [7, 11) is 1.48. The Labute approximate surface area is 113 Å². The number of nitrogens with one attached hydrogen (secondary N) is 1. The van der Waals surface area contributed by atoms with Gasteiger partial charge in [0.15, 0.2) is 0 Å². The smallest absolute Gasteiger partial charge is 0.372 e. The first-order chi connectivity index (χ1) is 9.26. The Morgan fingerprint density at radius 3 is 2.45 bits per heavy atom. The molecule has 1 unspecified atom stereocenters. The summed E-state index contributed by atoms with van der Waals surface area (Å²) < 4.78 is 67.7. The molecule has 0 spiro atoms. The van der Waals surface area contributed by atoms with Crippen molar-refractivity contribution in [3.63, 3.8) is 0 Å². The molecule has 2 nitrogen and oxygen atoms in total. The largest absolute Gasteiger partial charge is 0.411 e. The van der Waals surface area contributed by atoms with Crippen molar-refractivity contribution in [1.82, 2.24) is 5.32 Å². The normalized spacial score (nSPS) is 13.6. The van der Waals surface area contributed by atoms with E-state index >= 15 is 0 Å². The lowest BCUT2D eigenvalue weighted by atomic mass is 10.0. The number of hydrogen-bond acceptors (Lipinski definition) is 2. The van der Waals surface area contributed by atoms with Gasteiger partial charge >= 0.3 is 6.18 Å². The molecule has 0 heterocycles. The van der Waals surface area contributed by atoms with Crippen LogP contribution in [0.1, 0.15) is 23.6 Å². The number of rotatable bonds is 6. The standard InChI is InChI=1S/C13H16F5NO/c1-8-3-4-9(14)11(12(8)15)10(19-2)5-6-20-7-13(16,17)18/h3-4,10,19H,5-7H2,1-2H3. The highest BCUT2D eigenvalue weighted by Gasteiger charge is 2.27. The first-order valence-corrected chi connectivity index (χ1v) is 6.02. The fourth-order valence-electron chi connectivity index (χ4n) is 1.82. The predicted octanol–water partition coefficient (Wildman–Crippen LogP) is 3.50. The lowest BCUT2D eigenvalue weighted by molar-refractivity contribution is -0.174. The third kappa shape index (κ3) is 4.72. The van der Waals surface area contributed by atoms with E-state index in [1.165, 1.54) is 20.0 Å². The molecule has 0 aliphatic rings. The average Bonchev–Trinajstić information content (AvgIpc) is 2.35. The Balaban J connectivity index is 2.70. The molecule has 1 rings (SSSR count). The van der Waals surface area contributed by atoms with Gasteiger partial charge in [-0.15, -0.1) is 0 Å². The molecule has 1 aromatic carbocycles. The maximum absolute atomic E-state index is 13.9. The molecule has 114 valence electrons. The Kier molecular flexibility index (Phi) is 5.88. The lowest BCUT2D eigenvalue weighted by Crippen LogP contribution is -2.23. The zero-order valence-corrected chi connectivity index (χ0v) is 11.2. The average molecular weight is 297 g/mol. The zero-order valence-electron chi connectivity index (χ0n) is 11.2. The van der Waals surface area contributed by atoms with Gasteiger partial charge in [-0.25, -0.2) is 8.78 Å². The summed E-state index contributed by atoms with van der Waals surface area (Å²) in [6.45, 7) is -0.134. The minimum Gasteiger partial charge on any atom is -0.372 e. The summed E-state index contributed by atoms with van der Waals surface area (Å²) in [5.74, 6) is -1.43. The summed E-state index contributed by atoms with van der Waals surface area (Å²) >= 11 is 0. The second-order valence-electron chi connectivity index (χ2n) is 4.39. The van der Waals surface area contributed by atoms with Crippen LogP contribution in [0.25, 0.3) is 0 Å². The Bertz CT molecular complexity index is 447. The highest BCUT2D eigenvalue weighted by atomic mass is 19.4. The molecule has 1 N–H and O–H groups in total. The maximum atomic E-state index is 13.9. The van der Waals surface area contributed by atoms with Gasteiger partial charge in [0.25, 0.3) is 0 Å². The first kappa shape index (κ1) is 16.8. The van der Waals surface area contributed by atoms with Crippen molar-refractivity contribution in [2.75, 3.05) is 20.3 Å². The quantitative estimate of drug-likeness (QED) is 0.641. The molecule has 7 heteroatoms. The van der Waals surface area contributed by atoms with E-state index in [0.717, 1.165) is 6.07 Å². The third-order valence-electron chi connectivity index (χ3n) is 2.83. The molecule has 0 saturated heterocycles. The van der Waals surface area contributed by atoms with E-state index in [1.54, 1.807) is 0 Å². The minimum absolute atomic E-state index is 0.0316. The Morgan fingerprint density at radius 2 is 1.90 bits per heavy atom. The van der Waals surface area contributed by atoms with Crippen LogP contribution in [0.5, 0.6) is 0 Å². The number of benzene rings is 1. The van der Waals surface area contributed by atoms with Crippen LogP contribution >= 0.6 is 0 Å². The molecule has 20 heavy (non-hydrogen) atoms. The van der Waals surface area contributed by atoms with Crippen LogP contribution in [0.4, 0.5) is 22.0 Å². The van der Waals surface area contributed by atoms with Crippen LogP contribution in [-0.4, -0.2) is 26.4 Å². The molecule has 0 fully saturated rings. The summed E-state index contributed by atoms with van der Waals surface area (Å²) in [5.41, 5.74) is 0.0981. The molecule has 0 amide bonds. The molecular weight excluding hydrogens is 281 g/mol. The van der Waals surface area contributed by atoms with Gasteiger partial charge in [-0.1, -0.05) is 6.07 Å². The Morgan fingerprint density at radius 1 is 1.25 bits per heavy atom. The lowest BCUT2D eigenvalue weighted by Gasteiger charge is -2.19. The first-order valence-electron chi connectivity index (χ1n) is 6.02. The second kappa shape index (κ2) is 6.99. The van der Waals surface area contributed by atoms with Crippen molar-refractivity contribution in [1.29, 1.82) is 0 Å². The third-order valence-corrected chi connectivity index (χ3v) is 2.83. The van der Waals surface area contributed by atoms with Crippen LogP contribution in [0.2, 0.25) is 0 Å². The topological polar surface area (TPSA) is 21.3 Å². The summed E-state index contributed by atoms with van der Waals surface area (Å²) in [6.07, 6.45) is -4.38. The molecule has 0 aliphatic heterocycles. The fraction of sp³-hybridized carbons (Fsp3) is 0.538. The highest BCUT2D eigenvalue weighted by Crippen LogP contribution is 2.25.